The van der Waals surface area contributed by atoms with Crippen LogP contribution in [0.25, 0.3) is 0 Å². The molecule has 0 atom stereocenters. The number of nitrogens with one attached hydrogen (secondary N) is 1. The van der Waals surface area contributed by atoms with Gasteiger partial charge in [-0.1, -0.05) is 41.4 Å². The molecule has 3 aromatic rings. The summed E-state index contributed by atoms with van der Waals surface area (Å²) in [6, 6.07) is 15.6. The SMILES string of the molecule is Cc1ccc(NC(=O)c2cccn(Cc3cccc(Cl)c3)c2=O)cc1Cl. The number of pyridine rings is 1. The van der Waals surface area contributed by atoms with Crippen molar-refractivity contribution < 1.29 is 4.79 Å². The fourth-order valence-corrected chi connectivity index (χ4v) is 2.93. The van der Waals surface area contributed by atoms with Crippen LogP contribution in [0.4, 0.5) is 5.69 Å². The molecule has 0 aliphatic heterocycles. The Morgan fingerprint density at radius 2 is 1.88 bits per heavy atom. The van der Waals surface area contributed by atoms with Crippen molar-refractivity contribution in [3.63, 3.8) is 0 Å². The third kappa shape index (κ3) is 4.15. The maximum absolute atomic E-state index is 12.7. The quantitative estimate of drug-likeness (QED) is 0.702. The highest BCUT2D eigenvalue weighted by Gasteiger charge is 2.13. The molecule has 0 saturated heterocycles. The summed E-state index contributed by atoms with van der Waals surface area (Å²) in [5.41, 5.74) is 2.01. The van der Waals surface area contributed by atoms with E-state index in [0.717, 1.165) is 11.1 Å². The van der Waals surface area contributed by atoms with Gasteiger partial charge in [0.05, 0.1) is 6.54 Å². The molecule has 1 aromatic heterocycles. The van der Waals surface area contributed by atoms with Crippen LogP contribution in [0.1, 0.15) is 21.5 Å². The predicted octanol–water partition coefficient (Wildman–Crippen LogP) is 4.76. The van der Waals surface area contributed by atoms with Crippen LogP contribution in [0.5, 0.6) is 0 Å². The van der Waals surface area contributed by atoms with Crippen LogP contribution in [0, 0.1) is 6.92 Å². The molecule has 0 fully saturated rings. The minimum absolute atomic E-state index is 0.0613. The Balaban J connectivity index is 1.85. The van der Waals surface area contributed by atoms with E-state index in [1.165, 1.54) is 10.6 Å². The van der Waals surface area contributed by atoms with Gasteiger partial charge in [-0.25, -0.2) is 0 Å². The Bertz CT molecular complexity index is 1030. The molecule has 0 unspecified atom stereocenters. The van der Waals surface area contributed by atoms with Crippen molar-refractivity contribution in [2.24, 2.45) is 0 Å². The number of nitrogens with zero attached hydrogens (tertiary/aromatic N) is 1. The predicted molar refractivity (Wildman–Crippen MR) is 105 cm³/mol. The number of carbonyl (C=O) groups is 1. The van der Waals surface area contributed by atoms with Gasteiger partial charge in [0.1, 0.15) is 5.56 Å². The summed E-state index contributed by atoms with van der Waals surface area (Å²) in [5.74, 6) is -0.477. The fraction of sp³-hybridized carbons (Fsp3) is 0.100. The Morgan fingerprint density at radius 3 is 2.62 bits per heavy atom. The summed E-state index contributed by atoms with van der Waals surface area (Å²) in [4.78, 5) is 25.2. The highest BCUT2D eigenvalue weighted by atomic mass is 35.5. The van der Waals surface area contributed by atoms with Crippen molar-refractivity contribution in [3.8, 4) is 0 Å². The standard InChI is InChI=1S/C20H16Cl2N2O2/c1-13-7-8-16(11-18(13)22)23-19(25)17-6-3-9-24(20(17)26)12-14-4-2-5-15(21)10-14/h2-11H,12H2,1H3,(H,23,25). The summed E-state index contributed by atoms with van der Waals surface area (Å²) < 4.78 is 1.47. The number of hydrogen-bond acceptors (Lipinski definition) is 2. The topological polar surface area (TPSA) is 51.1 Å². The molecular weight excluding hydrogens is 371 g/mol. The van der Waals surface area contributed by atoms with Gasteiger partial charge in [0.2, 0.25) is 0 Å². The van der Waals surface area contributed by atoms with E-state index < -0.39 is 5.91 Å². The van der Waals surface area contributed by atoms with Gasteiger partial charge >= 0.3 is 0 Å². The number of amides is 1. The second-order valence-electron chi connectivity index (χ2n) is 5.90. The number of rotatable bonds is 4. The maximum atomic E-state index is 12.7. The van der Waals surface area contributed by atoms with Crippen LogP contribution in [0.3, 0.4) is 0 Å². The molecule has 132 valence electrons. The van der Waals surface area contributed by atoms with Crippen molar-refractivity contribution in [1.82, 2.24) is 4.57 Å². The summed E-state index contributed by atoms with van der Waals surface area (Å²) in [5, 5.41) is 3.86. The molecule has 2 aromatic carbocycles. The highest BCUT2D eigenvalue weighted by Crippen LogP contribution is 2.20. The highest BCUT2D eigenvalue weighted by molar-refractivity contribution is 6.31. The van der Waals surface area contributed by atoms with Gasteiger partial charge in [0, 0.05) is 21.9 Å². The lowest BCUT2D eigenvalue weighted by atomic mass is 10.2. The molecule has 26 heavy (non-hydrogen) atoms. The van der Waals surface area contributed by atoms with Crippen molar-refractivity contribution in [2.45, 2.75) is 13.5 Å². The average molecular weight is 387 g/mol. The number of carbonyl (C=O) groups excluding carboxylic acids is 1. The Kier molecular flexibility index (Phi) is 5.45. The lowest BCUT2D eigenvalue weighted by Gasteiger charge is -2.10. The van der Waals surface area contributed by atoms with Crippen LogP contribution in [-0.4, -0.2) is 10.5 Å². The van der Waals surface area contributed by atoms with E-state index in [-0.39, 0.29) is 11.1 Å². The second-order valence-corrected chi connectivity index (χ2v) is 6.75. The van der Waals surface area contributed by atoms with Crippen LogP contribution in [-0.2, 0) is 6.54 Å². The third-order valence-corrected chi connectivity index (χ3v) is 4.58. The lowest BCUT2D eigenvalue weighted by molar-refractivity contribution is 0.102. The van der Waals surface area contributed by atoms with Crippen molar-refractivity contribution in [3.05, 3.63) is 97.9 Å². The minimum Gasteiger partial charge on any atom is -0.322 e. The number of hydrogen-bond donors (Lipinski definition) is 1. The van der Waals surface area contributed by atoms with Gasteiger partial charge in [-0.2, -0.15) is 0 Å². The molecule has 0 radical (unpaired) electrons. The molecular formula is C20H16Cl2N2O2. The number of anilines is 1. The van der Waals surface area contributed by atoms with Crippen molar-refractivity contribution in [1.29, 1.82) is 0 Å². The zero-order chi connectivity index (χ0) is 18.7. The van der Waals surface area contributed by atoms with Crippen molar-refractivity contribution >= 4 is 34.8 Å². The van der Waals surface area contributed by atoms with E-state index >= 15 is 0 Å². The van der Waals surface area contributed by atoms with E-state index in [1.54, 1.807) is 42.6 Å². The summed E-state index contributed by atoms with van der Waals surface area (Å²) in [6.45, 7) is 2.20. The van der Waals surface area contributed by atoms with E-state index in [4.69, 9.17) is 23.2 Å². The molecule has 0 aliphatic carbocycles. The van der Waals surface area contributed by atoms with Gasteiger partial charge in [-0.05, 0) is 54.4 Å². The maximum Gasteiger partial charge on any atom is 0.263 e. The molecule has 1 heterocycles. The molecule has 0 aliphatic rings. The normalized spacial score (nSPS) is 10.6. The Hall–Kier alpha value is -2.56. The molecule has 0 spiro atoms. The van der Waals surface area contributed by atoms with E-state index in [9.17, 15) is 9.59 Å². The van der Waals surface area contributed by atoms with Crippen molar-refractivity contribution in [2.75, 3.05) is 5.32 Å². The van der Waals surface area contributed by atoms with Gasteiger partial charge < -0.3 is 9.88 Å². The first-order chi connectivity index (χ1) is 12.4. The van der Waals surface area contributed by atoms with Crippen LogP contribution < -0.4 is 10.9 Å². The van der Waals surface area contributed by atoms with E-state index in [2.05, 4.69) is 5.32 Å². The number of aromatic nitrogens is 1. The molecule has 4 nitrogen and oxygen atoms in total. The van der Waals surface area contributed by atoms with Gasteiger partial charge in [-0.3, -0.25) is 9.59 Å². The van der Waals surface area contributed by atoms with Gasteiger partial charge in [-0.15, -0.1) is 0 Å². The molecule has 1 N–H and O–H groups in total. The Labute approximate surface area is 161 Å². The largest absolute Gasteiger partial charge is 0.322 e. The van der Waals surface area contributed by atoms with Gasteiger partial charge in [0.15, 0.2) is 0 Å². The molecule has 6 heteroatoms. The molecule has 3 rings (SSSR count). The monoisotopic (exact) mass is 386 g/mol. The first-order valence-corrected chi connectivity index (χ1v) is 8.71. The zero-order valence-corrected chi connectivity index (χ0v) is 15.5. The smallest absolute Gasteiger partial charge is 0.263 e. The number of halogens is 2. The van der Waals surface area contributed by atoms with Crippen LogP contribution in [0.2, 0.25) is 10.0 Å². The average Bonchev–Trinajstić information content (AvgIpc) is 2.60. The summed E-state index contributed by atoms with van der Waals surface area (Å²) in [7, 11) is 0. The summed E-state index contributed by atoms with van der Waals surface area (Å²) >= 11 is 12.1. The van der Waals surface area contributed by atoms with E-state index in [1.807, 2.05) is 19.1 Å². The van der Waals surface area contributed by atoms with Crippen LogP contribution >= 0.6 is 23.2 Å². The molecule has 0 bridgehead atoms. The molecule has 0 saturated carbocycles. The number of aryl methyl sites for hydroxylation is 1. The Morgan fingerprint density at radius 1 is 1.08 bits per heavy atom. The number of benzene rings is 2. The first-order valence-electron chi connectivity index (χ1n) is 7.95. The minimum atomic E-state index is -0.477. The first kappa shape index (κ1) is 18.2. The zero-order valence-electron chi connectivity index (χ0n) is 14.0. The fourth-order valence-electron chi connectivity index (χ4n) is 2.54. The summed E-state index contributed by atoms with van der Waals surface area (Å²) in [6.07, 6.45) is 1.64. The third-order valence-electron chi connectivity index (χ3n) is 3.94. The second kappa shape index (κ2) is 7.77. The lowest BCUT2D eigenvalue weighted by Crippen LogP contribution is -2.29. The van der Waals surface area contributed by atoms with E-state index in [0.29, 0.717) is 22.3 Å². The molecule has 1 amide bonds. The van der Waals surface area contributed by atoms with Crippen LogP contribution in [0.15, 0.2) is 65.6 Å². The van der Waals surface area contributed by atoms with Gasteiger partial charge in [0.25, 0.3) is 11.5 Å².